The Kier molecular flexibility index (Phi) is 3.31. The van der Waals surface area contributed by atoms with E-state index in [2.05, 4.69) is 15.1 Å². The summed E-state index contributed by atoms with van der Waals surface area (Å²) >= 11 is 5.70. The number of fused-ring (bicyclic) bond motifs is 3. The molecular weight excluding hydrogens is 278 g/mol. The molecule has 6 nitrogen and oxygen atoms in total. The number of halogens is 1. The number of methoxy groups -OCH3 is 1. The Labute approximate surface area is 120 Å². The topological polar surface area (TPSA) is 78.3 Å². The number of aryl methyl sites for hydroxylation is 1. The number of para-hydroxylation sites is 1. The van der Waals surface area contributed by atoms with Gasteiger partial charge in [0.2, 0.25) is 5.95 Å². The highest BCUT2D eigenvalue weighted by molar-refractivity contribution is 6.17. The minimum Gasteiger partial charge on any atom is -0.494 e. The predicted molar refractivity (Wildman–Crippen MR) is 78.3 cm³/mol. The zero-order valence-electron chi connectivity index (χ0n) is 11.0. The summed E-state index contributed by atoms with van der Waals surface area (Å²) in [6, 6.07) is 5.67. The van der Waals surface area contributed by atoms with E-state index in [1.807, 2.05) is 18.2 Å². The van der Waals surface area contributed by atoms with E-state index < -0.39 is 0 Å². The summed E-state index contributed by atoms with van der Waals surface area (Å²) in [5, 5.41) is 5.24. The van der Waals surface area contributed by atoms with Gasteiger partial charge in [0.25, 0.3) is 0 Å². The largest absolute Gasteiger partial charge is 0.494 e. The van der Waals surface area contributed by atoms with Gasteiger partial charge in [-0.25, -0.2) is 9.97 Å². The zero-order chi connectivity index (χ0) is 14.1. The summed E-state index contributed by atoms with van der Waals surface area (Å²) in [4.78, 5) is 8.89. The zero-order valence-corrected chi connectivity index (χ0v) is 11.8. The number of benzene rings is 1. The fourth-order valence-corrected chi connectivity index (χ4v) is 2.30. The first kappa shape index (κ1) is 12.9. The number of anilines is 1. The van der Waals surface area contributed by atoms with E-state index in [0.29, 0.717) is 28.7 Å². The van der Waals surface area contributed by atoms with Gasteiger partial charge in [-0.2, -0.15) is 4.52 Å². The van der Waals surface area contributed by atoms with Crippen molar-refractivity contribution in [2.75, 3.05) is 18.7 Å². The summed E-state index contributed by atoms with van der Waals surface area (Å²) in [7, 11) is 1.60. The molecule has 0 saturated carbocycles. The first-order chi connectivity index (χ1) is 9.74. The van der Waals surface area contributed by atoms with E-state index >= 15 is 0 Å². The molecule has 0 radical (unpaired) electrons. The Morgan fingerprint density at radius 2 is 2.20 bits per heavy atom. The number of rotatable bonds is 4. The molecule has 0 unspecified atom stereocenters. The van der Waals surface area contributed by atoms with E-state index in [1.54, 1.807) is 11.6 Å². The third kappa shape index (κ3) is 2.02. The lowest BCUT2D eigenvalue weighted by Crippen LogP contribution is -2.03. The average Bonchev–Trinajstić information content (AvgIpc) is 2.90. The Morgan fingerprint density at radius 3 is 2.95 bits per heavy atom. The van der Waals surface area contributed by atoms with E-state index in [4.69, 9.17) is 22.1 Å². The van der Waals surface area contributed by atoms with Crippen molar-refractivity contribution in [2.24, 2.45) is 0 Å². The van der Waals surface area contributed by atoms with E-state index in [1.165, 1.54) is 0 Å². The summed E-state index contributed by atoms with van der Waals surface area (Å²) < 4.78 is 6.87. The fourth-order valence-electron chi connectivity index (χ4n) is 2.16. The van der Waals surface area contributed by atoms with Crippen molar-refractivity contribution in [2.45, 2.75) is 12.8 Å². The van der Waals surface area contributed by atoms with Crippen LogP contribution in [0.5, 0.6) is 5.75 Å². The Hall–Kier alpha value is -2.08. The van der Waals surface area contributed by atoms with Crippen LogP contribution in [-0.4, -0.2) is 32.6 Å². The molecule has 104 valence electrons. The van der Waals surface area contributed by atoms with Gasteiger partial charge < -0.3 is 10.5 Å². The van der Waals surface area contributed by atoms with Crippen molar-refractivity contribution in [1.82, 2.24) is 19.6 Å². The predicted octanol–water partition coefficient (Wildman–Crippen LogP) is 2.04. The molecule has 0 spiro atoms. The second kappa shape index (κ2) is 5.13. The van der Waals surface area contributed by atoms with Crippen molar-refractivity contribution in [3.05, 3.63) is 24.0 Å². The van der Waals surface area contributed by atoms with Crippen LogP contribution in [0.3, 0.4) is 0 Å². The Balaban J connectivity index is 2.26. The quantitative estimate of drug-likeness (QED) is 0.744. The molecule has 0 amide bonds. The van der Waals surface area contributed by atoms with Gasteiger partial charge >= 0.3 is 0 Å². The van der Waals surface area contributed by atoms with Crippen LogP contribution in [0.2, 0.25) is 0 Å². The number of alkyl halides is 1. The molecule has 2 N–H and O–H groups in total. The molecule has 3 aromatic rings. The lowest BCUT2D eigenvalue weighted by Gasteiger charge is -2.06. The third-order valence-corrected chi connectivity index (χ3v) is 3.36. The molecular formula is C13H14ClN5O. The maximum absolute atomic E-state index is 5.96. The van der Waals surface area contributed by atoms with Crippen LogP contribution < -0.4 is 10.5 Å². The highest BCUT2D eigenvalue weighted by Gasteiger charge is 2.13. The number of nitrogen functional groups attached to an aromatic ring is 1. The fraction of sp³-hybridized carbons (Fsp3) is 0.308. The van der Waals surface area contributed by atoms with Crippen LogP contribution in [-0.2, 0) is 6.42 Å². The van der Waals surface area contributed by atoms with Gasteiger partial charge in [0.05, 0.1) is 7.11 Å². The first-order valence-corrected chi connectivity index (χ1v) is 6.82. The SMILES string of the molecule is COc1cccc2c1nc(N)n1nc(CCCCl)nc21. The van der Waals surface area contributed by atoms with Crippen LogP contribution in [0.4, 0.5) is 5.95 Å². The first-order valence-electron chi connectivity index (χ1n) is 6.28. The van der Waals surface area contributed by atoms with Gasteiger partial charge in [-0.1, -0.05) is 6.07 Å². The Bertz CT molecular complexity index is 770. The molecule has 7 heteroatoms. The number of ether oxygens (including phenoxy) is 1. The number of aromatic nitrogens is 4. The van der Waals surface area contributed by atoms with Crippen LogP contribution in [0, 0.1) is 0 Å². The van der Waals surface area contributed by atoms with Crippen LogP contribution in [0.1, 0.15) is 12.2 Å². The summed E-state index contributed by atoms with van der Waals surface area (Å²) in [5.74, 6) is 2.26. The maximum atomic E-state index is 5.96. The molecule has 1 aromatic carbocycles. The van der Waals surface area contributed by atoms with Gasteiger partial charge in [-0.15, -0.1) is 16.7 Å². The van der Waals surface area contributed by atoms with Crippen molar-refractivity contribution in [3.63, 3.8) is 0 Å². The Morgan fingerprint density at radius 1 is 1.35 bits per heavy atom. The van der Waals surface area contributed by atoms with Crippen LogP contribution >= 0.6 is 11.6 Å². The third-order valence-electron chi connectivity index (χ3n) is 3.09. The van der Waals surface area contributed by atoms with Gasteiger partial charge in [-0.05, 0) is 18.6 Å². The molecule has 3 rings (SSSR count). The number of hydrogen-bond acceptors (Lipinski definition) is 5. The molecule has 0 aliphatic heterocycles. The minimum absolute atomic E-state index is 0.293. The molecule has 2 aromatic heterocycles. The van der Waals surface area contributed by atoms with Crippen molar-refractivity contribution < 1.29 is 4.74 Å². The standard InChI is InChI=1S/C13H14ClN5O/c1-20-9-5-2-4-8-11(9)17-13(15)19-12(8)16-10(18-19)6-3-7-14/h2,4-5H,3,6-7H2,1H3,(H2,15,17). The maximum Gasteiger partial charge on any atom is 0.223 e. The molecule has 0 fully saturated rings. The van der Waals surface area contributed by atoms with Crippen molar-refractivity contribution >= 4 is 34.1 Å². The van der Waals surface area contributed by atoms with Gasteiger partial charge in [0.15, 0.2) is 11.5 Å². The van der Waals surface area contributed by atoms with E-state index in [0.717, 1.165) is 24.1 Å². The second-order valence-electron chi connectivity index (χ2n) is 4.38. The smallest absolute Gasteiger partial charge is 0.223 e. The number of hydrogen-bond donors (Lipinski definition) is 1. The highest BCUT2D eigenvalue weighted by atomic mass is 35.5. The van der Waals surface area contributed by atoms with Gasteiger partial charge in [0.1, 0.15) is 11.3 Å². The molecule has 0 atom stereocenters. The molecule has 20 heavy (non-hydrogen) atoms. The van der Waals surface area contributed by atoms with Crippen LogP contribution in [0.25, 0.3) is 16.6 Å². The summed E-state index contributed by atoms with van der Waals surface area (Å²) in [6.07, 6.45) is 1.54. The number of nitrogens with zero attached hydrogens (tertiary/aromatic N) is 4. The molecule has 2 heterocycles. The van der Waals surface area contributed by atoms with Gasteiger partial charge in [-0.3, -0.25) is 0 Å². The highest BCUT2D eigenvalue weighted by Crippen LogP contribution is 2.27. The summed E-state index contributed by atoms with van der Waals surface area (Å²) in [5.41, 5.74) is 7.34. The lowest BCUT2D eigenvalue weighted by atomic mass is 10.2. The monoisotopic (exact) mass is 291 g/mol. The average molecular weight is 292 g/mol. The van der Waals surface area contributed by atoms with Gasteiger partial charge in [0, 0.05) is 17.7 Å². The summed E-state index contributed by atoms with van der Waals surface area (Å²) in [6.45, 7) is 0. The van der Waals surface area contributed by atoms with E-state index in [-0.39, 0.29) is 0 Å². The second-order valence-corrected chi connectivity index (χ2v) is 4.76. The molecule has 0 aliphatic rings. The number of nitrogens with two attached hydrogens (primary N) is 1. The van der Waals surface area contributed by atoms with E-state index in [9.17, 15) is 0 Å². The molecule has 0 saturated heterocycles. The van der Waals surface area contributed by atoms with Crippen LogP contribution in [0.15, 0.2) is 18.2 Å². The van der Waals surface area contributed by atoms with Crippen molar-refractivity contribution in [3.8, 4) is 5.75 Å². The minimum atomic E-state index is 0.293. The molecule has 0 aliphatic carbocycles. The lowest BCUT2D eigenvalue weighted by molar-refractivity contribution is 0.419. The normalized spacial score (nSPS) is 11.3. The van der Waals surface area contributed by atoms with Crippen molar-refractivity contribution in [1.29, 1.82) is 0 Å². The molecule has 0 bridgehead atoms.